The summed E-state index contributed by atoms with van der Waals surface area (Å²) in [6.07, 6.45) is 2.58. The van der Waals surface area contributed by atoms with Gasteiger partial charge in [-0.05, 0) is 5.56 Å². The minimum absolute atomic E-state index is 0.432. The van der Waals surface area contributed by atoms with Crippen molar-refractivity contribution in [3.8, 4) is 0 Å². The van der Waals surface area contributed by atoms with Crippen molar-refractivity contribution in [3.63, 3.8) is 0 Å². The lowest BCUT2D eigenvalue weighted by molar-refractivity contribution is -0.140. The minimum Gasteiger partial charge on any atom is -0.480 e. The Kier molecular flexibility index (Phi) is 3.72. The summed E-state index contributed by atoms with van der Waals surface area (Å²) in [7, 11) is 0. The van der Waals surface area contributed by atoms with Gasteiger partial charge in [-0.25, -0.2) is 4.79 Å². The summed E-state index contributed by atoms with van der Waals surface area (Å²) in [4.78, 5) is 11.4. The van der Waals surface area contributed by atoms with Gasteiger partial charge in [0.2, 0.25) is 0 Å². The van der Waals surface area contributed by atoms with Crippen LogP contribution < -0.4 is 0 Å². The van der Waals surface area contributed by atoms with Gasteiger partial charge in [-0.1, -0.05) is 37.3 Å². The predicted molar refractivity (Wildman–Crippen MR) is 66.2 cm³/mol. The van der Waals surface area contributed by atoms with E-state index in [2.05, 4.69) is 10.2 Å². The van der Waals surface area contributed by atoms with Gasteiger partial charge in [-0.2, -0.15) is 0 Å². The van der Waals surface area contributed by atoms with Crippen LogP contribution in [0.3, 0.4) is 0 Å². The summed E-state index contributed by atoms with van der Waals surface area (Å²) in [6, 6.07) is 8.91. The van der Waals surface area contributed by atoms with E-state index in [4.69, 9.17) is 0 Å². The zero-order chi connectivity index (χ0) is 13.0. The minimum atomic E-state index is -0.867. The largest absolute Gasteiger partial charge is 0.480 e. The molecule has 5 nitrogen and oxygen atoms in total. The average molecular weight is 245 g/mol. The highest BCUT2D eigenvalue weighted by Gasteiger charge is 2.22. The van der Waals surface area contributed by atoms with Gasteiger partial charge < -0.3 is 9.67 Å². The van der Waals surface area contributed by atoms with Crippen molar-refractivity contribution in [3.05, 3.63) is 48.0 Å². The molecule has 0 spiro atoms. The molecule has 0 aliphatic heterocycles. The molecule has 0 radical (unpaired) electrons. The molecule has 1 unspecified atom stereocenters. The molecule has 94 valence electrons. The Labute approximate surface area is 105 Å². The monoisotopic (exact) mass is 245 g/mol. The molecule has 0 aliphatic carbocycles. The van der Waals surface area contributed by atoms with E-state index >= 15 is 0 Å². The molecule has 0 amide bonds. The molecule has 0 aliphatic rings. The van der Waals surface area contributed by atoms with Gasteiger partial charge in [0.05, 0.1) is 0 Å². The molecular weight excluding hydrogens is 230 g/mol. The standard InChI is InChI=1S/C13H15N3O2/c1-2-12-15-14-9-16(12)11(13(17)18)8-10-6-4-3-5-7-10/h3-7,9,11H,2,8H2,1H3,(H,17,18). The maximum absolute atomic E-state index is 11.4. The van der Waals surface area contributed by atoms with E-state index in [1.165, 1.54) is 6.33 Å². The second-order valence-electron chi connectivity index (χ2n) is 4.05. The zero-order valence-corrected chi connectivity index (χ0v) is 10.2. The van der Waals surface area contributed by atoms with Crippen LogP contribution in [0.5, 0.6) is 0 Å². The number of hydrogen-bond acceptors (Lipinski definition) is 3. The van der Waals surface area contributed by atoms with Gasteiger partial charge >= 0.3 is 5.97 Å². The Hall–Kier alpha value is -2.17. The van der Waals surface area contributed by atoms with E-state index in [-0.39, 0.29) is 0 Å². The van der Waals surface area contributed by atoms with Crippen molar-refractivity contribution in [2.45, 2.75) is 25.8 Å². The van der Waals surface area contributed by atoms with E-state index in [0.29, 0.717) is 18.7 Å². The van der Waals surface area contributed by atoms with Crippen molar-refractivity contribution in [2.24, 2.45) is 0 Å². The number of aromatic nitrogens is 3. The van der Waals surface area contributed by atoms with Crippen molar-refractivity contribution in [2.75, 3.05) is 0 Å². The summed E-state index contributed by atoms with van der Waals surface area (Å²) in [5, 5.41) is 17.1. The quantitative estimate of drug-likeness (QED) is 0.870. The summed E-state index contributed by atoms with van der Waals surface area (Å²) in [5.41, 5.74) is 0.987. The highest BCUT2D eigenvalue weighted by atomic mass is 16.4. The normalized spacial score (nSPS) is 12.3. The Morgan fingerprint density at radius 2 is 2.11 bits per heavy atom. The fraction of sp³-hybridized carbons (Fsp3) is 0.308. The molecule has 1 aromatic carbocycles. The smallest absolute Gasteiger partial charge is 0.327 e. The Balaban J connectivity index is 2.27. The Morgan fingerprint density at radius 3 is 2.72 bits per heavy atom. The lowest BCUT2D eigenvalue weighted by Gasteiger charge is -2.15. The third kappa shape index (κ3) is 2.56. The van der Waals surface area contributed by atoms with Crippen LogP contribution >= 0.6 is 0 Å². The average Bonchev–Trinajstić information content (AvgIpc) is 2.84. The molecule has 1 N–H and O–H groups in total. The number of aliphatic carboxylic acids is 1. The SMILES string of the molecule is CCc1nncn1C(Cc1ccccc1)C(=O)O. The zero-order valence-electron chi connectivity index (χ0n) is 10.2. The number of nitrogens with zero attached hydrogens (tertiary/aromatic N) is 3. The number of carboxylic acids is 1. The van der Waals surface area contributed by atoms with Crippen LogP contribution in [0, 0.1) is 0 Å². The molecule has 0 saturated carbocycles. The Morgan fingerprint density at radius 1 is 1.39 bits per heavy atom. The van der Waals surface area contributed by atoms with Crippen LogP contribution in [0.4, 0.5) is 0 Å². The number of aryl methyl sites for hydroxylation is 1. The van der Waals surface area contributed by atoms with Crippen LogP contribution in [0.15, 0.2) is 36.7 Å². The van der Waals surface area contributed by atoms with Gasteiger partial charge in [0.15, 0.2) is 0 Å². The lowest BCUT2D eigenvalue weighted by atomic mass is 10.1. The molecule has 0 fully saturated rings. The van der Waals surface area contributed by atoms with Crippen molar-refractivity contribution < 1.29 is 9.90 Å². The van der Waals surface area contributed by atoms with Crippen LogP contribution in [0.2, 0.25) is 0 Å². The summed E-state index contributed by atoms with van der Waals surface area (Å²) in [6.45, 7) is 1.93. The molecule has 1 atom stereocenters. The number of carbonyl (C=O) groups is 1. The van der Waals surface area contributed by atoms with Gasteiger partial charge in [0, 0.05) is 12.8 Å². The van der Waals surface area contributed by atoms with E-state index in [9.17, 15) is 9.90 Å². The molecule has 18 heavy (non-hydrogen) atoms. The predicted octanol–water partition coefficient (Wildman–Crippen LogP) is 1.71. The number of rotatable bonds is 5. The maximum Gasteiger partial charge on any atom is 0.327 e. The highest BCUT2D eigenvalue weighted by molar-refractivity contribution is 5.72. The second kappa shape index (κ2) is 5.44. The van der Waals surface area contributed by atoms with Crippen LogP contribution in [-0.2, 0) is 17.6 Å². The number of hydrogen-bond donors (Lipinski definition) is 1. The number of carboxylic acid groups (broad SMARTS) is 1. The maximum atomic E-state index is 11.4. The fourth-order valence-corrected chi connectivity index (χ4v) is 1.92. The van der Waals surface area contributed by atoms with Gasteiger partial charge in [0.25, 0.3) is 0 Å². The van der Waals surface area contributed by atoms with Crippen LogP contribution in [-0.4, -0.2) is 25.8 Å². The van der Waals surface area contributed by atoms with Crippen molar-refractivity contribution in [1.29, 1.82) is 0 Å². The van der Waals surface area contributed by atoms with Gasteiger partial charge in [0.1, 0.15) is 18.2 Å². The molecule has 2 aromatic rings. The van der Waals surface area contributed by atoms with Crippen molar-refractivity contribution >= 4 is 5.97 Å². The van der Waals surface area contributed by atoms with Gasteiger partial charge in [-0.15, -0.1) is 10.2 Å². The summed E-state index contributed by atoms with van der Waals surface area (Å²) < 4.78 is 1.63. The first-order valence-corrected chi connectivity index (χ1v) is 5.87. The molecule has 1 aromatic heterocycles. The van der Waals surface area contributed by atoms with E-state index < -0.39 is 12.0 Å². The van der Waals surface area contributed by atoms with E-state index in [0.717, 1.165) is 5.56 Å². The Bertz CT molecular complexity index is 522. The molecule has 5 heteroatoms. The first-order valence-electron chi connectivity index (χ1n) is 5.87. The molecule has 1 heterocycles. The third-order valence-electron chi connectivity index (χ3n) is 2.86. The fourth-order valence-electron chi connectivity index (χ4n) is 1.92. The molecule has 0 bridgehead atoms. The van der Waals surface area contributed by atoms with Crippen LogP contribution in [0.25, 0.3) is 0 Å². The molecular formula is C13H15N3O2. The lowest BCUT2D eigenvalue weighted by Crippen LogP contribution is -2.22. The number of benzene rings is 1. The topological polar surface area (TPSA) is 68.0 Å². The second-order valence-corrected chi connectivity index (χ2v) is 4.05. The highest BCUT2D eigenvalue weighted by Crippen LogP contribution is 2.16. The van der Waals surface area contributed by atoms with Crippen molar-refractivity contribution in [1.82, 2.24) is 14.8 Å². The third-order valence-corrected chi connectivity index (χ3v) is 2.86. The van der Waals surface area contributed by atoms with Gasteiger partial charge in [-0.3, -0.25) is 0 Å². The molecule has 0 saturated heterocycles. The van der Waals surface area contributed by atoms with Crippen LogP contribution in [0.1, 0.15) is 24.4 Å². The molecule has 2 rings (SSSR count). The first kappa shape index (κ1) is 12.3. The van der Waals surface area contributed by atoms with E-state index in [1.54, 1.807) is 4.57 Å². The first-order chi connectivity index (χ1) is 8.72. The van der Waals surface area contributed by atoms with E-state index in [1.807, 2.05) is 37.3 Å². The summed E-state index contributed by atoms with van der Waals surface area (Å²) in [5.74, 6) is -0.174. The summed E-state index contributed by atoms with van der Waals surface area (Å²) >= 11 is 0.